The Labute approximate surface area is 120 Å². The Bertz CT molecular complexity index is 362. The van der Waals surface area contributed by atoms with Crippen LogP contribution in [0.3, 0.4) is 0 Å². The molecule has 2 unspecified atom stereocenters. The van der Waals surface area contributed by atoms with Gasteiger partial charge < -0.3 is 4.89 Å². The minimum atomic E-state index is -4.06. The summed E-state index contributed by atoms with van der Waals surface area (Å²) in [5, 5.41) is 0. The SMILES string of the molecule is C=CCCCCCCCCCP(=O)(O)OP(C)(=O)OF. The summed E-state index contributed by atoms with van der Waals surface area (Å²) >= 11 is 0. The third kappa shape index (κ3) is 11.8. The fourth-order valence-corrected chi connectivity index (χ4v) is 4.67. The van der Waals surface area contributed by atoms with Crippen molar-refractivity contribution in [2.75, 3.05) is 12.8 Å². The molecule has 0 rings (SSSR count). The summed E-state index contributed by atoms with van der Waals surface area (Å²) < 4.78 is 41.8. The van der Waals surface area contributed by atoms with Crippen LogP contribution in [0.25, 0.3) is 0 Å². The fourth-order valence-electron chi connectivity index (χ4n) is 1.77. The number of hydrogen-bond donors (Lipinski definition) is 1. The highest BCUT2D eigenvalue weighted by Crippen LogP contribution is 2.60. The van der Waals surface area contributed by atoms with E-state index in [0.717, 1.165) is 45.2 Å². The van der Waals surface area contributed by atoms with E-state index in [1.54, 1.807) is 0 Å². The van der Waals surface area contributed by atoms with Crippen molar-refractivity contribution in [3.63, 3.8) is 0 Å². The van der Waals surface area contributed by atoms with E-state index in [-0.39, 0.29) is 6.16 Å². The van der Waals surface area contributed by atoms with E-state index in [0.29, 0.717) is 6.42 Å². The van der Waals surface area contributed by atoms with E-state index in [4.69, 9.17) is 0 Å². The van der Waals surface area contributed by atoms with Gasteiger partial charge in [0.15, 0.2) is 0 Å². The van der Waals surface area contributed by atoms with Crippen LogP contribution in [0, 0.1) is 0 Å². The first kappa shape index (κ1) is 20.0. The van der Waals surface area contributed by atoms with Crippen LogP contribution in [0.5, 0.6) is 0 Å². The zero-order chi connectivity index (χ0) is 15.5. The van der Waals surface area contributed by atoms with Gasteiger partial charge in [-0.25, -0.2) is 4.31 Å². The van der Waals surface area contributed by atoms with Gasteiger partial charge in [-0.2, -0.15) is 0 Å². The molecule has 120 valence electrons. The standard InChI is InChI=1S/C12H25FO5P2/c1-3-4-5-6-7-8-9-10-11-12-20(15,16)18-19(2,14)17-13/h3H,1,4-12H2,2H3,(H,15,16). The van der Waals surface area contributed by atoms with Gasteiger partial charge in [-0.1, -0.05) is 38.2 Å². The molecule has 0 aliphatic rings. The summed E-state index contributed by atoms with van der Waals surface area (Å²) in [6.45, 7) is 4.48. The largest absolute Gasteiger partial charge is 0.367 e. The molecule has 0 saturated heterocycles. The molecule has 0 aromatic rings. The molecule has 8 heteroatoms. The number of hydrogen-bond acceptors (Lipinski definition) is 4. The summed E-state index contributed by atoms with van der Waals surface area (Å²) in [7, 11) is -8.10. The molecule has 0 aliphatic carbocycles. The highest BCUT2D eigenvalue weighted by atomic mass is 31.3. The van der Waals surface area contributed by atoms with Crippen molar-refractivity contribution >= 4 is 15.2 Å². The maximum atomic E-state index is 11.8. The molecule has 0 bridgehead atoms. The van der Waals surface area contributed by atoms with E-state index in [1.165, 1.54) is 6.42 Å². The summed E-state index contributed by atoms with van der Waals surface area (Å²) in [5.74, 6) is 0. The van der Waals surface area contributed by atoms with Crippen LogP contribution in [0.15, 0.2) is 12.7 Å². The molecular weight excluding hydrogens is 305 g/mol. The first-order valence-electron chi connectivity index (χ1n) is 6.85. The number of allylic oxidation sites excluding steroid dienone is 1. The van der Waals surface area contributed by atoms with E-state index in [1.807, 2.05) is 6.08 Å². The van der Waals surface area contributed by atoms with Crippen molar-refractivity contribution in [2.24, 2.45) is 0 Å². The first-order chi connectivity index (χ1) is 9.33. The number of unbranched alkanes of at least 4 members (excludes halogenated alkanes) is 7. The molecule has 0 fully saturated rings. The molecule has 5 nitrogen and oxygen atoms in total. The molecule has 0 radical (unpaired) electrons. The van der Waals surface area contributed by atoms with Crippen LogP contribution >= 0.6 is 15.2 Å². The molecule has 20 heavy (non-hydrogen) atoms. The molecule has 0 aromatic carbocycles. The molecular formula is C12H25FO5P2. The van der Waals surface area contributed by atoms with Crippen LogP contribution in [-0.2, 0) is 18.2 Å². The summed E-state index contributed by atoms with van der Waals surface area (Å²) in [6.07, 6.45) is 9.59. The molecule has 0 spiro atoms. The average molecular weight is 330 g/mol. The maximum absolute atomic E-state index is 11.8. The third-order valence-corrected chi connectivity index (χ3v) is 6.09. The molecule has 0 aliphatic heterocycles. The van der Waals surface area contributed by atoms with Crippen molar-refractivity contribution in [2.45, 2.75) is 51.4 Å². The van der Waals surface area contributed by atoms with Crippen LogP contribution in [0.1, 0.15) is 51.4 Å². The van der Waals surface area contributed by atoms with Gasteiger partial charge in [0.1, 0.15) is 0 Å². The zero-order valence-corrected chi connectivity index (χ0v) is 13.8. The first-order valence-corrected chi connectivity index (χ1v) is 10.6. The second-order valence-electron chi connectivity index (χ2n) is 4.84. The summed E-state index contributed by atoms with van der Waals surface area (Å²) in [4.78, 5) is 9.39. The van der Waals surface area contributed by atoms with Gasteiger partial charge in [-0.15, -0.1) is 11.3 Å². The Morgan fingerprint density at radius 1 is 1.10 bits per heavy atom. The number of halogens is 1. The molecule has 0 heterocycles. The lowest BCUT2D eigenvalue weighted by Gasteiger charge is -2.14. The maximum Gasteiger partial charge on any atom is 0.367 e. The highest BCUT2D eigenvalue weighted by Gasteiger charge is 2.31. The smallest absolute Gasteiger partial charge is 0.324 e. The zero-order valence-electron chi connectivity index (χ0n) is 12.0. The Kier molecular flexibility index (Phi) is 10.7. The molecule has 2 atom stereocenters. The highest BCUT2D eigenvalue weighted by molar-refractivity contribution is 7.66. The van der Waals surface area contributed by atoms with Crippen LogP contribution in [-0.4, -0.2) is 17.7 Å². The molecule has 0 saturated carbocycles. The summed E-state index contributed by atoms with van der Waals surface area (Å²) in [6, 6.07) is 0. The Morgan fingerprint density at radius 2 is 1.60 bits per heavy atom. The van der Waals surface area contributed by atoms with Gasteiger partial charge >= 0.3 is 15.2 Å². The van der Waals surface area contributed by atoms with Crippen molar-refractivity contribution in [1.29, 1.82) is 0 Å². The van der Waals surface area contributed by atoms with Crippen LogP contribution < -0.4 is 0 Å². The second kappa shape index (κ2) is 10.7. The van der Waals surface area contributed by atoms with Crippen molar-refractivity contribution in [3.8, 4) is 0 Å². The second-order valence-corrected chi connectivity index (χ2v) is 8.89. The topological polar surface area (TPSA) is 72.8 Å². The van der Waals surface area contributed by atoms with E-state index in [9.17, 15) is 18.5 Å². The lowest BCUT2D eigenvalue weighted by molar-refractivity contribution is -0.0156. The fraction of sp³-hybridized carbons (Fsp3) is 0.833. The van der Waals surface area contributed by atoms with Crippen molar-refractivity contribution in [3.05, 3.63) is 12.7 Å². The minimum absolute atomic E-state index is 0.134. The van der Waals surface area contributed by atoms with Crippen molar-refractivity contribution < 1.29 is 27.6 Å². The van der Waals surface area contributed by atoms with Crippen molar-refractivity contribution in [1.82, 2.24) is 0 Å². The average Bonchev–Trinajstić information content (AvgIpc) is 2.35. The summed E-state index contributed by atoms with van der Waals surface area (Å²) in [5.41, 5.74) is 0. The minimum Gasteiger partial charge on any atom is -0.324 e. The van der Waals surface area contributed by atoms with Gasteiger partial charge in [0, 0.05) is 6.66 Å². The van der Waals surface area contributed by atoms with Gasteiger partial charge in [-0.3, -0.25) is 9.13 Å². The van der Waals surface area contributed by atoms with E-state index in [2.05, 4.69) is 15.6 Å². The molecule has 0 aromatic heterocycles. The van der Waals surface area contributed by atoms with E-state index >= 15 is 0 Å². The third-order valence-electron chi connectivity index (χ3n) is 2.75. The molecule has 0 amide bonds. The predicted molar refractivity (Wildman–Crippen MR) is 78.6 cm³/mol. The lowest BCUT2D eigenvalue weighted by Crippen LogP contribution is -1.94. The number of rotatable bonds is 13. The van der Waals surface area contributed by atoms with Gasteiger partial charge in [0.2, 0.25) is 0 Å². The normalized spacial score (nSPS) is 17.4. The van der Waals surface area contributed by atoms with Crippen LogP contribution in [0.2, 0.25) is 0 Å². The Balaban J connectivity index is 3.61. The van der Waals surface area contributed by atoms with E-state index < -0.39 is 15.2 Å². The van der Waals surface area contributed by atoms with Crippen LogP contribution in [0.4, 0.5) is 4.53 Å². The van der Waals surface area contributed by atoms with Gasteiger partial charge in [-0.05, 0) is 23.8 Å². The van der Waals surface area contributed by atoms with Gasteiger partial charge in [0.25, 0.3) is 0 Å². The molecule has 1 N–H and O–H groups in total. The Morgan fingerprint density at radius 3 is 2.10 bits per heavy atom. The van der Waals surface area contributed by atoms with Gasteiger partial charge in [0.05, 0.1) is 6.16 Å². The monoisotopic (exact) mass is 330 g/mol. The lowest BCUT2D eigenvalue weighted by atomic mass is 10.1. The predicted octanol–water partition coefficient (Wildman–Crippen LogP) is 5.22. The Hall–Kier alpha value is 0.01000. The quantitative estimate of drug-likeness (QED) is 0.285.